The number of benzene rings is 1. The van der Waals surface area contributed by atoms with Crippen molar-refractivity contribution >= 4 is 23.5 Å². The minimum Gasteiger partial charge on any atom is -0.305 e. The number of hydrogen-bond donors (Lipinski definition) is 1. The van der Waals surface area contributed by atoms with Crippen LogP contribution in [0.2, 0.25) is 0 Å². The van der Waals surface area contributed by atoms with Gasteiger partial charge in [0.15, 0.2) is 5.82 Å². The molecule has 0 bridgehead atoms. The second kappa shape index (κ2) is 8.48. The number of carbonyl (C=O) groups is 1. The summed E-state index contributed by atoms with van der Waals surface area (Å²) in [4.78, 5) is 16.4. The molecule has 0 atom stereocenters. The summed E-state index contributed by atoms with van der Waals surface area (Å²) in [5.74, 6) is 2.45. The van der Waals surface area contributed by atoms with Gasteiger partial charge < -0.3 is 5.32 Å². The van der Waals surface area contributed by atoms with E-state index in [0.717, 1.165) is 17.1 Å². The molecule has 0 fully saturated rings. The molecule has 0 aliphatic carbocycles. The van der Waals surface area contributed by atoms with Crippen molar-refractivity contribution in [3.63, 3.8) is 0 Å². The van der Waals surface area contributed by atoms with Crippen LogP contribution in [0.1, 0.15) is 28.4 Å². The third kappa shape index (κ3) is 4.93. The molecule has 0 radical (unpaired) electrons. The molecule has 1 N–H and O–H groups in total. The maximum absolute atomic E-state index is 12.3. The molecule has 0 saturated carbocycles. The fraction of sp³-hybridized carbons (Fsp3) is 0.211. The molecule has 5 nitrogen and oxygen atoms in total. The number of pyridine rings is 1. The summed E-state index contributed by atoms with van der Waals surface area (Å²) in [6, 6.07) is 13.4. The van der Waals surface area contributed by atoms with E-state index >= 15 is 0 Å². The van der Waals surface area contributed by atoms with Crippen LogP contribution >= 0.6 is 11.8 Å². The first kappa shape index (κ1) is 17.2. The Hall–Kier alpha value is -2.60. The number of rotatable bonds is 7. The number of hydrogen-bond acceptors (Lipinski definition) is 4. The van der Waals surface area contributed by atoms with E-state index < -0.39 is 0 Å². The van der Waals surface area contributed by atoms with Crippen molar-refractivity contribution in [3.05, 3.63) is 77.7 Å². The Balaban J connectivity index is 1.59. The van der Waals surface area contributed by atoms with Crippen LogP contribution in [0, 0.1) is 0 Å². The monoisotopic (exact) mass is 352 g/mol. The number of nitrogens with one attached hydrogen (secondary N) is 1. The highest BCUT2D eigenvalue weighted by atomic mass is 32.2. The number of amides is 1. The minimum absolute atomic E-state index is 0.152. The minimum atomic E-state index is -0.152. The zero-order valence-corrected chi connectivity index (χ0v) is 14.9. The molecule has 0 spiro atoms. The molecule has 0 aliphatic heterocycles. The van der Waals surface area contributed by atoms with Gasteiger partial charge in [0, 0.05) is 36.0 Å². The van der Waals surface area contributed by atoms with Crippen molar-refractivity contribution in [2.24, 2.45) is 0 Å². The van der Waals surface area contributed by atoms with Gasteiger partial charge in [-0.05, 0) is 35.1 Å². The summed E-state index contributed by atoms with van der Waals surface area (Å²) in [6.07, 6.45) is 5.39. The summed E-state index contributed by atoms with van der Waals surface area (Å²) < 4.78 is 1.78. The van der Waals surface area contributed by atoms with Crippen LogP contribution in [0.3, 0.4) is 0 Å². The van der Waals surface area contributed by atoms with Crippen molar-refractivity contribution in [3.8, 4) is 0 Å². The maximum Gasteiger partial charge on any atom is 0.256 e. The molecule has 0 unspecified atom stereocenters. The lowest BCUT2D eigenvalue weighted by Gasteiger charge is -2.04. The van der Waals surface area contributed by atoms with E-state index in [2.05, 4.69) is 22.3 Å². The van der Waals surface area contributed by atoms with Crippen molar-refractivity contribution < 1.29 is 4.79 Å². The summed E-state index contributed by atoms with van der Waals surface area (Å²) in [5, 5.41) is 7.22. The third-order valence-corrected chi connectivity index (χ3v) is 4.58. The van der Waals surface area contributed by atoms with E-state index in [-0.39, 0.29) is 5.91 Å². The van der Waals surface area contributed by atoms with Gasteiger partial charge in [-0.25, -0.2) is 0 Å². The molecule has 128 valence electrons. The van der Waals surface area contributed by atoms with Crippen LogP contribution in [-0.4, -0.2) is 26.4 Å². The van der Waals surface area contributed by atoms with Gasteiger partial charge in [-0.1, -0.05) is 25.1 Å². The number of aromatic nitrogens is 3. The van der Waals surface area contributed by atoms with E-state index in [1.807, 2.05) is 54.4 Å². The van der Waals surface area contributed by atoms with Crippen molar-refractivity contribution in [1.29, 1.82) is 0 Å². The van der Waals surface area contributed by atoms with E-state index in [9.17, 15) is 4.79 Å². The van der Waals surface area contributed by atoms with Gasteiger partial charge in [0.1, 0.15) is 0 Å². The van der Waals surface area contributed by atoms with Crippen molar-refractivity contribution in [2.45, 2.75) is 19.2 Å². The normalized spacial score (nSPS) is 10.6. The molecule has 2 aromatic heterocycles. The summed E-state index contributed by atoms with van der Waals surface area (Å²) in [6.45, 7) is 2.76. The highest BCUT2D eigenvalue weighted by Gasteiger charge is 2.08. The van der Waals surface area contributed by atoms with Gasteiger partial charge in [0.05, 0.1) is 6.54 Å². The first-order valence-corrected chi connectivity index (χ1v) is 9.30. The maximum atomic E-state index is 12.3. The van der Waals surface area contributed by atoms with Gasteiger partial charge in [0.2, 0.25) is 0 Å². The lowest BCUT2D eigenvalue weighted by molar-refractivity contribution is 0.102. The molecular formula is C19H20N4OS. The zero-order valence-electron chi connectivity index (χ0n) is 14.1. The smallest absolute Gasteiger partial charge is 0.256 e. The first-order valence-electron chi connectivity index (χ1n) is 8.15. The molecule has 3 rings (SSSR count). The molecule has 0 aliphatic rings. The molecule has 0 saturated heterocycles. The Labute approximate surface area is 151 Å². The highest BCUT2D eigenvalue weighted by Crippen LogP contribution is 2.14. The van der Waals surface area contributed by atoms with Crippen LogP contribution in [0.15, 0.2) is 61.1 Å². The van der Waals surface area contributed by atoms with Gasteiger partial charge in [-0.3, -0.25) is 14.5 Å². The van der Waals surface area contributed by atoms with Gasteiger partial charge >= 0.3 is 0 Å². The third-order valence-electron chi connectivity index (χ3n) is 3.64. The average Bonchev–Trinajstić information content (AvgIpc) is 3.08. The van der Waals surface area contributed by atoms with E-state index in [0.29, 0.717) is 17.9 Å². The number of carbonyl (C=O) groups excluding carboxylic acids is 1. The predicted octanol–water partition coefficient (Wildman–Crippen LogP) is 3.83. The van der Waals surface area contributed by atoms with E-state index in [4.69, 9.17) is 0 Å². The van der Waals surface area contributed by atoms with Crippen LogP contribution in [0.25, 0.3) is 0 Å². The van der Waals surface area contributed by atoms with Gasteiger partial charge in [-0.2, -0.15) is 16.9 Å². The lowest BCUT2D eigenvalue weighted by Crippen LogP contribution is -2.13. The first-order chi connectivity index (χ1) is 12.2. The lowest BCUT2D eigenvalue weighted by atomic mass is 10.1. The van der Waals surface area contributed by atoms with Crippen LogP contribution in [-0.2, 0) is 12.3 Å². The number of nitrogens with zero attached hydrogens (tertiary/aromatic N) is 3. The van der Waals surface area contributed by atoms with Crippen molar-refractivity contribution in [2.75, 3.05) is 11.1 Å². The predicted molar refractivity (Wildman–Crippen MR) is 102 cm³/mol. The Kier molecular flexibility index (Phi) is 5.85. The zero-order chi connectivity index (χ0) is 17.5. The molecule has 1 amide bonds. The molecule has 25 heavy (non-hydrogen) atoms. The largest absolute Gasteiger partial charge is 0.305 e. The van der Waals surface area contributed by atoms with Crippen molar-refractivity contribution in [1.82, 2.24) is 14.8 Å². The fourth-order valence-corrected chi connectivity index (χ4v) is 2.99. The number of thioether (sulfide) groups is 1. The molecule has 1 aromatic carbocycles. The van der Waals surface area contributed by atoms with Crippen LogP contribution in [0.4, 0.5) is 5.82 Å². The quantitative estimate of drug-likeness (QED) is 0.702. The molecule has 6 heteroatoms. The fourth-order valence-electron chi connectivity index (χ4n) is 2.36. The Morgan fingerprint density at radius 2 is 2.00 bits per heavy atom. The van der Waals surface area contributed by atoms with E-state index in [1.54, 1.807) is 23.1 Å². The van der Waals surface area contributed by atoms with E-state index in [1.165, 1.54) is 5.56 Å². The van der Waals surface area contributed by atoms with Gasteiger partial charge in [0.25, 0.3) is 5.91 Å². The van der Waals surface area contributed by atoms with Crippen LogP contribution in [0.5, 0.6) is 0 Å². The topological polar surface area (TPSA) is 59.8 Å². The van der Waals surface area contributed by atoms with Crippen LogP contribution < -0.4 is 5.32 Å². The molecular weight excluding hydrogens is 332 g/mol. The standard InChI is InChI=1S/C19H20N4OS/c1-2-25-14-15-5-7-17(8-6-15)19(24)21-18-9-11-23(22-18)13-16-4-3-10-20-12-16/h3-12H,2,13-14H2,1H3,(H,21,22,24). The molecule has 2 heterocycles. The van der Waals surface area contributed by atoms with Gasteiger partial charge in [-0.15, -0.1) is 0 Å². The second-order valence-corrected chi connectivity index (χ2v) is 6.82. The second-order valence-electron chi connectivity index (χ2n) is 5.55. The Morgan fingerprint density at radius 3 is 2.72 bits per heavy atom. The SMILES string of the molecule is CCSCc1ccc(C(=O)Nc2ccn(Cc3cccnc3)n2)cc1. The summed E-state index contributed by atoms with van der Waals surface area (Å²) in [7, 11) is 0. The molecule has 3 aromatic rings. The summed E-state index contributed by atoms with van der Waals surface area (Å²) >= 11 is 1.86. The highest BCUT2D eigenvalue weighted by molar-refractivity contribution is 7.98. The Morgan fingerprint density at radius 1 is 1.16 bits per heavy atom. The summed E-state index contributed by atoms with van der Waals surface area (Å²) in [5.41, 5.74) is 2.92. The number of anilines is 1. The average molecular weight is 352 g/mol. The Bertz CT molecular complexity index is 815.